The number of piperazine rings is 1. The van der Waals surface area contributed by atoms with Gasteiger partial charge in [-0.3, -0.25) is 4.90 Å². The van der Waals surface area contributed by atoms with Crippen LogP contribution < -0.4 is 5.32 Å². The molecule has 3 heteroatoms. The predicted molar refractivity (Wildman–Crippen MR) is 72.0 cm³/mol. The monoisotopic (exact) mass is 233 g/mol. The van der Waals surface area contributed by atoms with E-state index >= 15 is 0 Å². The highest BCUT2D eigenvalue weighted by atomic mass is 15.2. The van der Waals surface area contributed by atoms with Gasteiger partial charge in [-0.15, -0.1) is 6.58 Å². The molecular weight excluding hydrogens is 210 g/mol. The third-order valence-electron chi connectivity index (χ3n) is 3.46. The quantitative estimate of drug-likeness (QED) is 0.802. The zero-order valence-electron chi connectivity index (χ0n) is 10.9. The summed E-state index contributed by atoms with van der Waals surface area (Å²) < 4.78 is 2.23. The van der Waals surface area contributed by atoms with Gasteiger partial charge >= 0.3 is 0 Å². The maximum atomic E-state index is 4.08. The molecule has 0 aliphatic carbocycles. The summed E-state index contributed by atoms with van der Waals surface area (Å²) in [5.74, 6) is 0. The van der Waals surface area contributed by atoms with Crippen LogP contribution in [0, 0.1) is 0 Å². The maximum absolute atomic E-state index is 4.08. The van der Waals surface area contributed by atoms with E-state index < -0.39 is 0 Å². The van der Waals surface area contributed by atoms with Crippen LogP contribution in [0.3, 0.4) is 0 Å². The molecule has 0 saturated carbocycles. The minimum Gasteiger partial charge on any atom is -0.353 e. The molecule has 0 bridgehead atoms. The van der Waals surface area contributed by atoms with Gasteiger partial charge in [-0.1, -0.05) is 5.57 Å². The summed E-state index contributed by atoms with van der Waals surface area (Å²) in [7, 11) is 2.13. The van der Waals surface area contributed by atoms with E-state index in [0.29, 0.717) is 6.04 Å². The molecule has 0 spiro atoms. The largest absolute Gasteiger partial charge is 0.353 e. The van der Waals surface area contributed by atoms with Crippen molar-refractivity contribution in [3.8, 4) is 0 Å². The first kappa shape index (κ1) is 12.4. The highest BCUT2D eigenvalue weighted by Crippen LogP contribution is 2.27. The van der Waals surface area contributed by atoms with Crippen LogP contribution in [0.4, 0.5) is 0 Å². The molecule has 1 fully saturated rings. The molecule has 1 aliphatic heterocycles. The fraction of sp³-hybridized carbons (Fsp3) is 0.571. The molecule has 0 aromatic carbocycles. The lowest BCUT2D eigenvalue weighted by Crippen LogP contribution is -2.45. The van der Waals surface area contributed by atoms with Gasteiger partial charge in [0.15, 0.2) is 0 Å². The van der Waals surface area contributed by atoms with Crippen molar-refractivity contribution in [1.29, 1.82) is 0 Å². The Morgan fingerprint density at radius 1 is 1.47 bits per heavy atom. The molecule has 0 radical (unpaired) electrons. The summed E-state index contributed by atoms with van der Waals surface area (Å²) in [6.45, 7) is 10.6. The fourth-order valence-corrected chi connectivity index (χ4v) is 2.57. The van der Waals surface area contributed by atoms with Crippen LogP contribution >= 0.6 is 0 Å². The number of hydrogen-bond donors (Lipinski definition) is 1. The first-order chi connectivity index (χ1) is 8.18. The Kier molecular flexibility index (Phi) is 4.02. The molecular formula is C14H23N3. The molecule has 1 N–H and O–H groups in total. The third kappa shape index (κ3) is 2.99. The molecule has 2 heterocycles. The highest BCUT2D eigenvalue weighted by molar-refractivity contribution is 5.15. The number of nitrogens with zero attached hydrogens (tertiary/aromatic N) is 2. The fourth-order valence-electron chi connectivity index (χ4n) is 2.57. The molecule has 1 aliphatic rings. The van der Waals surface area contributed by atoms with E-state index in [1.54, 1.807) is 0 Å². The topological polar surface area (TPSA) is 20.2 Å². The van der Waals surface area contributed by atoms with Crippen molar-refractivity contribution in [3.05, 3.63) is 36.2 Å². The van der Waals surface area contributed by atoms with Crippen molar-refractivity contribution < 1.29 is 0 Å². The van der Waals surface area contributed by atoms with Gasteiger partial charge in [-0.05, 0) is 25.5 Å². The maximum Gasteiger partial charge on any atom is 0.0538 e. The first-order valence-corrected chi connectivity index (χ1v) is 6.39. The van der Waals surface area contributed by atoms with Crippen molar-refractivity contribution >= 4 is 0 Å². The Hall–Kier alpha value is -1.06. The van der Waals surface area contributed by atoms with Gasteiger partial charge in [-0.2, -0.15) is 0 Å². The van der Waals surface area contributed by atoms with E-state index in [1.165, 1.54) is 11.3 Å². The Labute approximate surface area is 104 Å². The van der Waals surface area contributed by atoms with Crippen molar-refractivity contribution in [3.63, 3.8) is 0 Å². The molecule has 1 aromatic heterocycles. The molecule has 1 saturated heterocycles. The minimum atomic E-state index is 0.481. The first-order valence-electron chi connectivity index (χ1n) is 6.39. The van der Waals surface area contributed by atoms with Crippen LogP contribution in [0.15, 0.2) is 30.5 Å². The SMILES string of the molecule is C=C(C)C[C@H](c1cccn1C)N1CCNCC1. The van der Waals surface area contributed by atoms with Crippen molar-refractivity contribution in [2.75, 3.05) is 26.2 Å². The molecule has 17 heavy (non-hydrogen) atoms. The molecule has 1 aromatic rings. The minimum absolute atomic E-state index is 0.481. The summed E-state index contributed by atoms with van der Waals surface area (Å²) in [4.78, 5) is 2.57. The van der Waals surface area contributed by atoms with Gasteiger partial charge in [0.25, 0.3) is 0 Å². The average Bonchev–Trinajstić information content (AvgIpc) is 2.73. The summed E-state index contributed by atoms with van der Waals surface area (Å²) >= 11 is 0. The molecule has 94 valence electrons. The van der Waals surface area contributed by atoms with E-state index in [4.69, 9.17) is 0 Å². The van der Waals surface area contributed by atoms with Gasteiger partial charge in [0.1, 0.15) is 0 Å². The van der Waals surface area contributed by atoms with Crippen LogP contribution in [0.25, 0.3) is 0 Å². The van der Waals surface area contributed by atoms with E-state index in [0.717, 1.165) is 32.6 Å². The summed E-state index contributed by atoms with van der Waals surface area (Å²) in [5, 5.41) is 3.41. The summed E-state index contributed by atoms with van der Waals surface area (Å²) in [6, 6.07) is 4.84. The Bertz CT molecular complexity index is 375. The van der Waals surface area contributed by atoms with E-state index in [9.17, 15) is 0 Å². The van der Waals surface area contributed by atoms with Gasteiger partial charge in [0, 0.05) is 45.1 Å². The van der Waals surface area contributed by atoms with Crippen molar-refractivity contribution in [2.45, 2.75) is 19.4 Å². The second kappa shape index (κ2) is 5.52. The van der Waals surface area contributed by atoms with Gasteiger partial charge < -0.3 is 9.88 Å². The van der Waals surface area contributed by atoms with Gasteiger partial charge in [0.2, 0.25) is 0 Å². The number of hydrogen-bond acceptors (Lipinski definition) is 2. The molecule has 1 atom stereocenters. The highest BCUT2D eigenvalue weighted by Gasteiger charge is 2.23. The lowest BCUT2D eigenvalue weighted by atomic mass is 10.0. The Balaban J connectivity index is 2.18. The zero-order valence-corrected chi connectivity index (χ0v) is 10.9. The molecule has 0 amide bonds. The van der Waals surface area contributed by atoms with Crippen LogP contribution in [0.2, 0.25) is 0 Å². The van der Waals surface area contributed by atoms with E-state index in [1.807, 2.05) is 0 Å². The van der Waals surface area contributed by atoms with E-state index in [2.05, 4.69) is 53.7 Å². The third-order valence-corrected chi connectivity index (χ3v) is 3.46. The van der Waals surface area contributed by atoms with Crippen LogP contribution in [-0.2, 0) is 7.05 Å². The van der Waals surface area contributed by atoms with Gasteiger partial charge in [0.05, 0.1) is 6.04 Å². The zero-order chi connectivity index (χ0) is 12.3. The summed E-state index contributed by atoms with van der Waals surface area (Å²) in [6.07, 6.45) is 3.18. The Morgan fingerprint density at radius 2 is 2.18 bits per heavy atom. The van der Waals surface area contributed by atoms with Gasteiger partial charge in [-0.25, -0.2) is 0 Å². The smallest absolute Gasteiger partial charge is 0.0538 e. The lowest BCUT2D eigenvalue weighted by Gasteiger charge is -2.35. The number of aromatic nitrogens is 1. The average molecular weight is 233 g/mol. The number of rotatable bonds is 4. The van der Waals surface area contributed by atoms with Crippen LogP contribution in [0.5, 0.6) is 0 Å². The number of aryl methyl sites for hydroxylation is 1. The normalized spacial score (nSPS) is 19.2. The predicted octanol–water partition coefficient (Wildman–Crippen LogP) is 1.94. The second-order valence-electron chi connectivity index (χ2n) is 5.01. The van der Waals surface area contributed by atoms with E-state index in [-0.39, 0.29) is 0 Å². The molecule has 3 nitrogen and oxygen atoms in total. The molecule has 0 unspecified atom stereocenters. The second-order valence-corrected chi connectivity index (χ2v) is 5.01. The standard InChI is InChI=1S/C14H23N3/c1-12(2)11-14(13-5-4-8-16(13)3)17-9-6-15-7-10-17/h4-5,8,14-15H,1,6-7,9-11H2,2-3H3/t14-/m1/s1. The van der Waals surface area contributed by atoms with Crippen molar-refractivity contribution in [2.24, 2.45) is 7.05 Å². The lowest BCUT2D eigenvalue weighted by molar-refractivity contribution is 0.167. The van der Waals surface area contributed by atoms with Crippen LogP contribution in [-0.4, -0.2) is 35.6 Å². The molecule has 2 rings (SSSR count). The van der Waals surface area contributed by atoms with Crippen LogP contribution in [0.1, 0.15) is 25.1 Å². The van der Waals surface area contributed by atoms with Crippen molar-refractivity contribution in [1.82, 2.24) is 14.8 Å². The Morgan fingerprint density at radius 3 is 2.71 bits per heavy atom. The number of nitrogens with one attached hydrogen (secondary N) is 1. The summed E-state index contributed by atoms with van der Waals surface area (Å²) in [5.41, 5.74) is 2.66.